The van der Waals surface area contributed by atoms with Gasteiger partial charge in [-0.25, -0.2) is 0 Å². The van der Waals surface area contributed by atoms with E-state index in [0.717, 1.165) is 5.57 Å². The van der Waals surface area contributed by atoms with E-state index in [9.17, 15) is 0 Å². The average molecular weight is 125 g/mol. The molecule has 2 nitrogen and oxygen atoms in total. The molecule has 0 atom stereocenters. The van der Waals surface area contributed by atoms with Crippen molar-refractivity contribution in [1.82, 2.24) is 0 Å². The normalized spacial score (nSPS) is 11.0. The largest absolute Gasteiger partial charge is 0.509 e. The highest BCUT2D eigenvalue weighted by Crippen LogP contribution is 2.00. The Bertz CT molecular complexity index is 168. The van der Waals surface area contributed by atoms with Crippen molar-refractivity contribution < 1.29 is 5.11 Å². The zero-order chi connectivity index (χ0) is 7.44. The van der Waals surface area contributed by atoms with Crippen molar-refractivity contribution in [2.75, 3.05) is 0 Å². The molecule has 0 aromatic rings. The van der Waals surface area contributed by atoms with Crippen LogP contribution in [0.4, 0.5) is 0 Å². The summed E-state index contributed by atoms with van der Waals surface area (Å²) in [6, 6.07) is 0. The summed E-state index contributed by atoms with van der Waals surface area (Å²) in [4.78, 5) is 0. The van der Waals surface area contributed by atoms with Gasteiger partial charge in [-0.15, -0.1) is 0 Å². The van der Waals surface area contributed by atoms with Gasteiger partial charge in [0.25, 0.3) is 0 Å². The van der Waals surface area contributed by atoms with E-state index in [2.05, 4.69) is 13.2 Å². The van der Waals surface area contributed by atoms with Crippen LogP contribution in [0, 0.1) is 0 Å². The molecule has 0 heterocycles. The van der Waals surface area contributed by atoms with E-state index in [4.69, 9.17) is 10.8 Å². The highest BCUT2D eigenvalue weighted by molar-refractivity contribution is 5.27. The van der Waals surface area contributed by atoms with Crippen LogP contribution in [-0.2, 0) is 0 Å². The molecule has 50 valence electrons. The first-order valence-electron chi connectivity index (χ1n) is 2.55. The molecule has 0 aromatic carbocycles. The summed E-state index contributed by atoms with van der Waals surface area (Å²) in [5.41, 5.74) is 6.55. The fourth-order valence-corrected chi connectivity index (χ4v) is 0.303. The Kier molecular flexibility index (Phi) is 2.58. The quantitative estimate of drug-likeness (QED) is 0.433. The molecule has 9 heavy (non-hydrogen) atoms. The van der Waals surface area contributed by atoms with Gasteiger partial charge >= 0.3 is 0 Å². The van der Waals surface area contributed by atoms with E-state index in [1.807, 2.05) is 0 Å². The Morgan fingerprint density at radius 2 is 2.00 bits per heavy atom. The molecule has 0 rings (SSSR count). The molecule has 0 radical (unpaired) electrons. The number of rotatable bonds is 2. The summed E-state index contributed by atoms with van der Waals surface area (Å²) in [6.45, 7) is 8.56. The van der Waals surface area contributed by atoms with Gasteiger partial charge in [0.05, 0.1) is 0 Å². The summed E-state index contributed by atoms with van der Waals surface area (Å²) in [5.74, 6) is -0.0458. The fourth-order valence-electron chi connectivity index (χ4n) is 0.303. The topological polar surface area (TPSA) is 46.2 Å². The molecule has 0 aliphatic rings. The Morgan fingerprint density at radius 3 is 2.11 bits per heavy atom. The second kappa shape index (κ2) is 2.97. The van der Waals surface area contributed by atoms with Crippen molar-refractivity contribution in [2.45, 2.75) is 6.92 Å². The number of hydrogen-bond donors (Lipinski definition) is 2. The molecule has 0 aromatic heterocycles. The molecule has 0 bridgehead atoms. The van der Waals surface area contributed by atoms with Crippen molar-refractivity contribution in [3.8, 4) is 0 Å². The maximum Gasteiger partial charge on any atom is 0.110 e. The lowest BCUT2D eigenvalue weighted by Crippen LogP contribution is -1.97. The molecule has 0 spiro atoms. The van der Waals surface area contributed by atoms with Gasteiger partial charge in [-0.3, -0.25) is 0 Å². The maximum atomic E-state index is 8.58. The number of aliphatic hydroxyl groups excluding tert-OH is 1. The predicted octanol–water partition coefficient (Wildman–Crippen LogP) is 1.48. The molecular weight excluding hydrogens is 114 g/mol. The minimum absolute atomic E-state index is 0.0458. The summed E-state index contributed by atoms with van der Waals surface area (Å²) in [5, 5.41) is 8.58. The van der Waals surface area contributed by atoms with Crippen LogP contribution in [0.25, 0.3) is 0 Å². The second-order valence-corrected chi connectivity index (χ2v) is 1.87. The van der Waals surface area contributed by atoms with Crippen molar-refractivity contribution >= 4 is 0 Å². The standard InChI is InChI=1S/C7H11NO/c1-5(2)7(8)4-6(3)9/h4,9H,1,3,8H2,2H3/b7-4+. The average Bonchev–Trinajstić information content (AvgIpc) is 1.63. The Hall–Kier alpha value is -1.18. The fraction of sp³-hybridized carbons (Fsp3) is 0.143. The van der Waals surface area contributed by atoms with Gasteiger partial charge in [-0.1, -0.05) is 13.2 Å². The number of aliphatic hydroxyl groups is 1. The minimum atomic E-state index is -0.0458. The summed E-state index contributed by atoms with van der Waals surface area (Å²) < 4.78 is 0. The van der Waals surface area contributed by atoms with Gasteiger partial charge in [-0.05, 0) is 12.5 Å². The lowest BCUT2D eigenvalue weighted by molar-refractivity contribution is 0.434. The third-order valence-electron chi connectivity index (χ3n) is 0.815. The smallest absolute Gasteiger partial charge is 0.110 e. The highest BCUT2D eigenvalue weighted by atomic mass is 16.3. The van der Waals surface area contributed by atoms with Gasteiger partial charge in [0.15, 0.2) is 0 Å². The maximum absolute atomic E-state index is 8.58. The van der Waals surface area contributed by atoms with Gasteiger partial charge in [0.2, 0.25) is 0 Å². The van der Waals surface area contributed by atoms with Crippen LogP contribution in [0.3, 0.4) is 0 Å². The Morgan fingerprint density at radius 1 is 1.56 bits per heavy atom. The van der Waals surface area contributed by atoms with Crippen LogP contribution in [-0.4, -0.2) is 5.11 Å². The Labute approximate surface area is 55.0 Å². The third kappa shape index (κ3) is 3.41. The molecule has 3 N–H and O–H groups in total. The molecular formula is C7H11NO. The zero-order valence-corrected chi connectivity index (χ0v) is 5.52. The lowest BCUT2D eigenvalue weighted by Gasteiger charge is -1.96. The zero-order valence-electron chi connectivity index (χ0n) is 5.52. The summed E-state index contributed by atoms with van der Waals surface area (Å²) in [6.07, 6.45) is 1.36. The van der Waals surface area contributed by atoms with E-state index in [1.165, 1.54) is 6.08 Å². The van der Waals surface area contributed by atoms with E-state index in [1.54, 1.807) is 6.92 Å². The first kappa shape index (κ1) is 7.82. The molecule has 0 saturated heterocycles. The van der Waals surface area contributed by atoms with Crippen molar-refractivity contribution in [3.05, 3.63) is 36.3 Å². The molecule has 0 amide bonds. The van der Waals surface area contributed by atoms with Crippen molar-refractivity contribution in [3.63, 3.8) is 0 Å². The van der Waals surface area contributed by atoms with E-state index in [-0.39, 0.29) is 5.76 Å². The van der Waals surface area contributed by atoms with Crippen molar-refractivity contribution in [1.29, 1.82) is 0 Å². The van der Waals surface area contributed by atoms with E-state index < -0.39 is 0 Å². The number of nitrogens with two attached hydrogens (primary N) is 1. The molecule has 0 aliphatic heterocycles. The van der Waals surface area contributed by atoms with Crippen LogP contribution in [0.2, 0.25) is 0 Å². The minimum Gasteiger partial charge on any atom is -0.509 e. The number of allylic oxidation sites excluding steroid dienone is 2. The van der Waals surface area contributed by atoms with Crippen LogP contribution >= 0.6 is 0 Å². The second-order valence-electron chi connectivity index (χ2n) is 1.87. The van der Waals surface area contributed by atoms with Crippen molar-refractivity contribution in [2.24, 2.45) is 5.73 Å². The monoisotopic (exact) mass is 125 g/mol. The van der Waals surface area contributed by atoms with Crippen LogP contribution in [0.15, 0.2) is 36.3 Å². The molecule has 0 unspecified atom stereocenters. The Balaban J connectivity index is 4.17. The first-order chi connectivity index (χ1) is 4.04. The third-order valence-corrected chi connectivity index (χ3v) is 0.815. The molecule has 0 saturated carbocycles. The van der Waals surface area contributed by atoms with E-state index >= 15 is 0 Å². The lowest BCUT2D eigenvalue weighted by atomic mass is 10.2. The summed E-state index contributed by atoms with van der Waals surface area (Å²) in [7, 11) is 0. The van der Waals surface area contributed by atoms with Crippen LogP contribution < -0.4 is 5.73 Å². The van der Waals surface area contributed by atoms with E-state index in [0.29, 0.717) is 5.70 Å². The summed E-state index contributed by atoms with van der Waals surface area (Å²) >= 11 is 0. The van der Waals surface area contributed by atoms with Gasteiger partial charge in [0.1, 0.15) is 5.76 Å². The predicted molar refractivity (Wildman–Crippen MR) is 38.9 cm³/mol. The van der Waals surface area contributed by atoms with Gasteiger partial charge in [0, 0.05) is 11.8 Å². The van der Waals surface area contributed by atoms with Crippen LogP contribution in [0.1, 0.15) is 6.92 Å². The SMILES string of the molecule is C=C(O)/C=C(/N)C(=C)C. The molecule has 0 fully saturated rings. The highest BCUT2D eigenvalue weighted by Gasteiger charge is 1.88. The number of hydrogen-bond acceptors (Lipinski definition) is 2. The van der Waals surface area contributed by atoms with Gasteiger partial charge < -0.3 is 10.8 Å². The molecule has 0 aliphatic carbocycles. The van der Waals surface area contributed by atoms with Gasteiger partial charge in [-0.2, -0.15) is 0 Å². The molecule has 2 heteroatoms. The van der Waals surface area contributed by atoms with Crippen LogP contribution in [0.5, 0.6) is 0 Å². The first-order valence-corrected chi connectivity index (χ1v) is 2.55.